The largest absolute Gasteiger partial charge is 0.311 e. The molecule has 0 saturated heterocycles. The van der Waals surface area contributed by atoms with Gasteiger partial charge in [-0.05, 0) is 69.8 Å². The van der Waals surface area contributed by atoms with E-state index in [-0.39, 0.29) is 10.8 Å². The van der Waals surface area contributed by atoms with Crippen LogP contribution in [0.15, 0.2) is 72.8 Å². The van der Waals surface area contributed by atoms with E-state index in [0.29, 0.717) is 5.92 Å². The van der Waals surface area contributed by atoms with Crippen LogP contribution in [0.2, 0.25) is 0 Å². The molecule has 3 aromatic carbocycles. The second-order valence-corrected chi connectivity index (χ2v) is 10.7. The Morgan fingerprint density at radius 3 is 1.07 bits per heavy atom. The molecule has 0 saturated carbocycles. The molecule has 0 aromatic heterocycles. The second kappa shape index (κ2) is 8.30. The predicted octanol–water partition coefficient (Wildman–Crippen LogP) is 8.87. The van der Waals surface area contributed by atoms with Crippen LogP contribution in [0.5, 0.6) is 0 Å². The molecule has 0 bridgehead atoms. The van der Waals surface area contributed by atoms with Gasteiger partial charge in [0.05, 0.1) is 0 Å². The van der Waals surface area contributed by atoms with Crippen LogP contribution in [0.4, 0.5) is 17.1 Å². The number of anilines is 3. The van der Waals surface area contributed by atoms with Gasteiger partial charge in [-0.25, -0.2) is 0 Å². The summed E-state index contributed by atoms with van der Waals surface area (Å²) in [6, 6.07) is 27.0. The summed E-state index contributed by atoms with van der Waals surface area (Å²) in [7, 11) is 0. The zero-order chi connectivity index (χ0) is 22.1. The number of benzene rings is 3. The molecule has 3 aromatic rings. The topological polar surface area (TPSA) is 3.24 Å². The third-order valence-corrected chi connectivity index (χ3v) is 5.80. The van der Waals surface area contributed by atoms with Crippen molar-refractivity contribution in [1.29, 1.82) is 0 Å². The molecule has 0 radical (unpaired) electrons. The van der Waals surface area contributed by atoms with Crippen molar-refractivity contribution in [1.82, 2.24) is 0 Å². The van der Waals surface area contributed by atoms with Gasteiger partial charge in [0.25, 0.3) is 0 Å². The van der Waals surface area contributed by atoms with Gasteiger partial charge in [0.2, 0.25) is 0 Å². The van der Waals surface area contributed by atoms with Gasteiger partial charge < -0.3 is 4.90 Å². The van der Waals surface area contributed by atoms with Crippen LogP contribution >= 0.6 is 0 Å². The fraction of sp³-hybridized carbons (Fsp3) is 0.379. The Labute approximate surface area is 183 Å². The molecule has 0 atom stereocenters. The normalized spacial score (nSPS) is 12.3. The summed E-state index contributed by atoms with van der Waals surface area (Å²) in [5.74, 6) is 0.532. The van der Waals surface area contributed by atoms with E-state index in [2.05, 4.69) is 133 Å². The van der Waals surface area contributed by atoms with E-state index in [1.165, 1.54) is 33.8 Å². The lowest BCUT2D eigenvalue weighted by molar-refractivity contribution is 0.590. The molecular weight excluding hydrogens is 362 g/mol. The Morgan fingerprint density at radius 2 is 0.800 bits per heavy atom. The van der Waals surface area contributed by atoms with Gasteiger partial charge in [-0.3, -0.25) is 0 Å². The average Bonchev–Trinajstić information content (AvgIpc) is 2.68. The van der Waals surface area contributed by atoms with Crippen molar-refractivity contribution in [2.24, 2.45) is 0 Å². The highest BCUT2D eigenvalue weighted by atomic mass is 15.1. The van der Waals surface area contributed by atoms with E-state index in [1.54, 1.807) is 0 Å². The number of hydrogen-bond donors (Lipinski definition) is 0. The number of hydrogen-bond acceptors (Lipinski definition) is 1. The fourth-order valence-corrected chi connectivity index (χ4v) is 3.68. The van der Waals surface area contributed by atoms with Gasteiger partial charge in [0, 0.05) is 17.1 Å². The molecule has 0 aliphatic carbocycles. The molecule has 0 fully saturated rings. The standard InChI is InChI=1S/C29H37N/c1-21(2)22-9-15-25(16-10-22)30(26-17-11-23(12-18-26)28(3,4)5)27-19-13-24(14-20-27)29(6,7)8/h9-21H,1-8H3. The molecule has 1 nitrogen and oxygen atoms in total. The highest BCUT2D eigenvalue weighted by Crippen LogP contribution is 2.37. The Balaban J connectivity index is 2.07. The van der Waals surface area contributed by atoms with Crippen LogP contribution in [0, 0.1) is 0 Å². The van der Waals surface area contributed by atoms with Crippen LogP contribution in [-0.2, 0) is 10.8 Å². The molecule has 158 valence electrons. The Hall–Kier alpha value is -2.54. The summed E-state index contributed by atoms with van der Waals surface area (Å²) in [5.41, 5.74) is 7.92. The Bertz CT molecular complexity index is 890. The van der Waals surface area contributed by atoms with Crippen molar-refractivity contribution in [2.45, 2.75) is 72.1 Å². The quantitative estimate of drug-likeness (QED) is 0.423. The summed E-state index contributed by atoms with van der Waals surface area (Å²) in [6.45, 7) is 18.0. The summed E-state index contributed by atoms with van der Waals surface area (Å²) in [6.07, 6.45) is 0. The minimum absolute atomic E-state index is 0.149. The maximum absolute atomic E-state index is 2.35. The first-order valence-electron chi connectivity index (χ1n) is 11.1. The number of rotatable bonds is 4. The van der Waals surface area contributed by atoms with Gasteiger partial charge >= 0.3 is 0 Å². The van der Waals surface area contributed by atoms with Crippen molar-refractivity contribution in [3.05, 3.63) is 89.5 Å². The van der Waals surface area contributed by atoms with Crippen LogP contribution in [-0.4, -0.2) is 0 Å². The smallest absolute Gasteiger partial charge is 0.0461 e. The minimum Gasteiger partial charge on any atom is -0.311 e. The molecule has 0 aliphatic heterocycles. The van der Waals surface area contributed by atoms with Crippen LogP contribution < -0.4 is 4.90 Å². The van der Waals surface area contributed by atoms with Crippen molar-refractivity contribution in [3.63, 3.8) is 0 Å². The van der Waals surface area contributed by atoms with Gasteiger partial charge in [-0.2, -0.15) is 0 Å². The minimum atomic E-state index is 0.149. The summed E-state index contributed by atoms with van der Waals surface area (Å²) in [4.78, 5) is 2.35. The Kier molecular flexibility index (Phi) is 6.13. The molecule has 1 heteroatoms. The van der Waals surface area contributed by atoms with E-state index in [4.69, 9.17) is 0 Å². The van der Waals surface area contributed by atoms with Crippen molar-refractivity contribution in [3.8, 4) is 0 Å². The lowest BCUT2D eigenvalue weighted by Crippen LogP contribution is -2.14. The predicted molar refractivity (Wildman–Crippen MR) is 133 cm³/mol. The molecule has 0 N–H and O–H groups in total. The highest BCUT2D eigenvalue weighted by molar-refractivity contribution is 5.76. The zero-order valence-corrected chi connectivity index (χ0v) is 20.0. The van der Waals surface area contributed by atoms with E-state index in [9.17, 15) is 0 Å². The molecule has 0 aliphatic rings. The van der Waals surface area contributed by atoms with Gasteiger partial charge in [-0.1, -0.05) is 91.8 Å². The first-order valence-corrected chi connectivity index (χ1v) is 11.1. The van der Waals surface area contributed by atoms with Crippen molar-refractivity contribution < 1.29 is 0 Å². The Morgan fingerprint density at radius 1 is 0.500 bits per heavy atom. The van der Waals surface area contributed by atoms with Crippen LogP contribution in [0.3, 0.4) is 0 Å². The molecule has 30 heavy (non-hydrogen) atoms. The molecule has 0 heterocycles. The third kappa shape index (κ3) is 4.95. The first-order chi connectivity index (χ1) is 14.0. The molecule has 0 amide bonds. The molecule has 0 unspecified atom stereocenters. The molecular formula is C29H37N. The van der Waals surface area contributed by atoms with Crippen LogP contribution in [0.25, 0.3) is 0 Å². The maximum atomic E-state index is 2.35. The molecule has 0 spiro atoms. The zero-order valence-electron chi connectivity index (χ0n) is 20.0. The fourth-order valence-electron chi connectivity index (χ4n) is 3.68. The maximum Gasteiger partial charge on any atom is 0.0461 e. The highest BCUT2D eigenvalue weighted by Gasteiger charge is 2.18. The second-order valence-electron chi connectivity index (χ2n) is 10.7. The van der Waals surface area contributed by atoms with Gasteiger partial charge in [0.15, 0.2) is 0 Å². The average molecular weight is 400 g/mol. The van der Waals surface area contributed by atoms with E-state index < -0.39 is 0 Å². The van der Waals surface area contributed by atoms with Gasteiger partial charge in [-0.15, -0.1) is 0 Å². The first kappa shape index (κ1) is 22.2. The summed E-state index contributed by atoms with van der Waals surface area (Å²) in [5, 5.41) is 0. The lowest BCUT2D eigenvalue weighted by Gasteiger charge is -2.28. The summed E-state index contributed by atoms with van der Waals surface area (Å²) < 4.78 is 0. The van der Waals surface area contributed by atoms with E-state index in [1.807, 2.05) is 0 Å². The SMILES string of the molecule is CC(C)c1ccc(N(c2ccc(C(C)(C)C)cc2)c2ccc(C(C)(C)C)cc2)cc1. The lowest BCUT2D eigenvalue weighted by atomic mass is 9.86. The van der Waals surface area contributed by atoms with Gasteiger partial charge in [0.1, 0.15) is 0 Å². The monoisotopic (exact) mass is 399 g/mol. The van der Waals surface area contributed by atoms with Crippen LogP contribution in [0.1, 0.15) is 78.0 Å². The summed E-state index contributed by atoms with van der Waals surface area (Å²) >= 11 is 0. The number of nitrogens with zero attached hydrogens (tertiary/aromatic N) is 1. The van der Waals surface area contributed by atoms with E-state index in [0.717, 1.165) is 0 Å². The molecule has 3 rings (SSSR count). The van der Waals surface area contributed by atoms with E-state index >= 15 is 0 Å². The third-order valence-electron chi connectivity index (χ3n) is 5.80. The van der Waals surface area contributed by atoms with Crippen molar-refractivity contribution >= 4 is 17.1 Å². The van der Waals surface area contributed by atoms with Crippen molar-refractivity contribution in [2.75, 3.05) is 4.90 Å².